The molecule has 0 N–H and O–H groups in total. The van der Waals surface area contributed by atoms with Gasteiger partial charge in [-0.25, -0.2) is 4.39 Å². The molecule has 0 amide bonds. The van der Waals surface area contributed by atoms with Crippen molar-refractivity contribution in [2.45, 2.75) is 37.2 Å². The number of hydrogen-bond acceptors (Lipinski definition) is 0. The molecule has 120 valence electrons. The molecule has 0 aromatic heterocycles. The Hall–Kier alpha value is -1.46. The molecule has 1 aromatic rings. The molecular weight excluding hydrogens is 302 g/mol. The monoisotopic (exact) mass is 327 g/mol. The number of benzene rings is 1. The molecule has 0 bridgehead atoms. The van der Waals surface area contributed by atoms with Crippen LogP contribution < -0.4 is 0 Å². The lowest BCUT2D eigenvalue weighted by atomic mass is 10.1. The molecule has 0 spiro atoms. The third kappa shape index (κ3) is 3.56. The fourth-order valence-electron chi connectivity index (χ4n) is 3.69. The van der Waals surface area contributed by atoms with Gasteiger partial charge < -0.3 is 0 Å². The van der Waals surface area contributed by atoms with Crippen molar-refractivity contribution in [2.75, 3.05) is 6.66 Å². The predicted octanol–water partition coefficient (Wildman–Crippen LogP) is 6.05. The zero-order valence-electron chi connectivity index (χ0n) is 14.0. The lowest BCUT2D eigenvalue weighted by Gasteiger charge is -2.36. The first-order valence-electron chi connectivity index (χ1n) is 8.36. The normalized spacial score (nSPS) is 25.5. The van der Waals surface area contributed by atoms with Crippen LogP contribution >= 0.6 is 7.26 Å². The van der Waals surface area contributed by atoms with Crippen LogP contribution in [0.15, 0.2) is 66.8 Å². The van der Waals surface area contributed by atoms with Crippen LogP contribution in [0.4, 0.5) is 4.39 Å². The summed E-state index contributed by atoms with van der Waals surface area (Å²) in [5.74, 6) is -0.132. The summed E-state index contributed by atoms with van der Waals surface area (Å²) in [6.45, 7) is 4.55. The van der Waals surface area contributed by atoms with E-state index in [1.165, 1.54) is 5.56 Å². The van der Waals surface area contributed by atoms with Gasteiger partial charge in [-0.2, -0.15) is 0 Å². The summed E-state index contributed by atoms with van der Waals surface area (Å²) >= 11 is 0. The van der Waals surface area contributed by atoms with Gasteiger partial charge in [0.1, 0.15) is 5.82 Å². The van der Waals surface area contributed by atoms with E-state index in [1.807, 2.05) is 13.0 Å². The molecule has 0 fully saturated rings. The van der Waals surface area contributed by atoms with E-state index in [9.17, 15) is 4.39 Å². The molecule has 3 rings (SSSR count). The van der Waals surface area contributed by atoms with E-state index in [2.05, 4.69) is 55.3 Å². The van der Waals surface area contributed by atoms with E-state index in [1.54, 1.807) is 12.1 Å². The van der Waals surface area contributed by atoms with Gasteiger partial charge in [-0.1, -0.05) is 42.5 Å². The average molecular weight is 327 g/mol. The lowest BCUT2D eigenvalue weighted by Crippen LogP contribution is -2.24. The first-order valence-corrected chi connectivity index (χ1v) is 10.9. The summed E-state index contributed by atoms with van der Waals surface area (Å²) in [5.41, 5.74) is 3.64. The van der Waals surface area contributed by atoms with Crippen LogP contribution in [0.1, 0.15) is 24.0 Å². The molecule has 0 heterocycles. The van der Waals surface area contributed by atoms with Crippen molar-refractivity contribution in [1.82, 2.24) is 0 Å². The highest BCUT2D eigenvalue weighted by Gasteiger charge is 2.45. The van der Waals surface area contributed by atoms with Crippen LogP contribution in [-0.2, 0) is 6.16 Å². The highest BCUT2D eigenvalue weighted by atomic mass is 31.2. The van der Waals surface area contributed by atoms with Crippen LogP contribution in [0.5, 0.6) is 0 Å². The summed E-state index contributed by atoms with van der Waals surface area (Å²) in [5, 5.41) is 0. The minimum atomic E-state index is -1.28. The fraction of sp³-hybridized carbons (Fsp3) is 0.333. The lowest BCUT2D eigenvalue weighted by molar-refractivity contribution is 0.626. The summed E-state index contributed by atoms with van der Waals surface area (Å²) in [7, 11) is -1.28. The van der Waals surface area contributed by atoms with Gasteiger partial charge >= 0.3 is 0 Å². The Morgan fingerprint density at radius 2 is 1.61 bits per heavy atom. The molecule has 23 heavy (non-hydrogen) atoms. The standard InChI is InChI=1S/C21H25FP/c1-17-15-19(22)14-13-18(17)16-23(2,20-9-5-3-6-10-20)21-11-7-4-8-12-21/h3-9,11,13-15,20-21H,10,12,16H2,1-2H3/q+1. The highest BCUT2D eigenvalue weighted by molar-refractivity contribution is 7.76. The van der Waals surface area contributed by atoms with Gasteiger partial charge in [-0.15, -0.1) is 0 Å². The average Bonchev–Trinajstić information content (AvgIpc) is 2.59. The van der Waals surface area contributed by atoms with Gasteiger partial charge in [0.05, 0.1) is 24.1 Å². The quantitative estimate of drug-likeness (QED) is 0.590. The molecule has 2 atom stereocenters. The molecule has 0 radical (unpaired) electrons. The van der Waals surface area contributed by atoms with E-state index in [-0.39, 0.29) is 5.82 Å². The van der Waals surface area contributed by atoms with Gasteiger partial charge in [0.25, 0.3) is 0 Å². The Balaban J connectivity index is 1.94. The van der Waals surface area contributed by atoms with E-state index in [4.69, 9.17) is 0 Å². The Bertz CT molecular complexity index is 651. The van der Waals surface area contributed by atoms with Crippen molar-refractivity contribution in [3.63, 3.8) is 0 Å². The van der Waals surface area contributed by atoms with E-state index >= 15 is 0 Å². The molecule has 0 saturated carbocycles. The first-order chi connectivity index (χ1) is 11.1. The van der Waals surface area contributed by atoms with Crippen LogP contribution in [-0.4, -0.2) is 18.0 Å². The molecule has 0 saturated heterocycles. The minimum absolute atomic E-state index is 0.132. The van der Waals surface area contributed by atoms with E-state index in [0.29, 0.717) is 11.3 Å². The van der Waals surface area contributed by atoms with Crippen molar-refractivity contribution in [2.24, 2.45) is 0 Å². The molecular formula is C21H25FP+. The van der Waals surface area contributed by atoms with Gasteiger partial charge in [0.2, 0.25) is 0 Å². The van der Waals surface area contributed by atoms with Crippen LogP contribution in [0.25, 0.3) is 0 Å². The number of aryl methyl sites for hydroxylation is 1. The molecule has 0 nitrogen and oxygen atoms in total. The van der Waals surface area contributed by atoms with Crippen molar-refractivity contribution >= 4 is 7.26 Å². The Morgan fingerprint density at radius 1 is 1.00 bits per heavy atom. The van der Waals surface area contributed by atoms with Crippen molar-refractivity contribution in [3.8, 4) is 0 Å². The Morgan fingerprint density at radius 3 is 2.09 bits per heavy atom. The fourth-order valence-corrected chi connectivity index (χ4v) is 7.94. The number of halogens is 1. The molecule has 1 aromatic carbocycles. The largest absolute Gasteiger partial charge is 0.207 e. The Labute approximate surface area is 139 Å². The van der Waals surface area contributed by atoms with Gasteiger partial charge in [-0.3, -0.25) is 0 Å². The molecule has 2 heteroatoms. The molecule has 2 aliphatic rings. The zero-order chi connectivity index (χ0) is 16.3. The second kappa shape index (κ2) is 6.97. The highest BCUT2D eigenvalue weighted by Crippen LogP contribution is 2.69. The SMILES string of the molecule is Cc1cc(F)ccc1C[P+](C)(C1C=CC=CC1)C1C=CC=CC1. The van der Waals surface area contributed by atoms with Crippen molar-refractivity contribution in [1.29, 1.82) is 0 Å². The second-order valence-corrected chi connectivity index (χ2v) is 11.1. The van der Waals surface area contributed by atoms with Crippen molar-refractivity contribution < 1.29 is 4.39 Å². The molecule has 0 aliphatic heterocycles. The first kappa shape index (κ1) is 16.4. The van der Waals surface area contributed by atoms with Gasteiger partial charge in [0, 0.05) is 20.1 Å². The maximum absolute atomic E-state index is 13.5. The van der Waals surface area contributed by atoms with Crippen molar-refractivity contribution in [3.05, 3.63) is 83.8 Å². The van der Waals surface area contributed by atoms with Crippen LogP contribution in [0.3, 0.4) is 0 Å². The minimum Gasteiger partial charge on any atom is -0.207 e. The smallest absolute Gasteiger partial charge is 0.123 e. The zero-order valence-corrected chi connectivity index (χ0v) is 14.8. The summed E-state index contributed by atoms with van der Waals surface area (Å²) < 4.78 is 13.5. The topological polar surface area (TPSA) is 0 Å². The summed E-state index contributed by atoms with van der Waals surface area (Å²) in [6, 6.07) is 5.28. The van der Waals surface area contributed by atoms with Crippen LogP contribution in [0, 0.1) is 12.7 Å². The van der Waals surface area contributed by atoms with E-state index in [0.717, 1.165) is 24.6 Å². The van der Waals surface area contributed by atoms with Gasteiger partial charge in [0.15, 0.2) is 0 Å². The Kier molecular flexibility index (Phi) is 4.97. The second-order valence-electron chi connectivity index (χ2n) is 6.81. The number of hydrogen-bond donors (Lipinski definition) is 0. The third-order valence-corrected chi connectivity index (χ3v) is 10.1. The van der Waals surface area contributed by atoms with E-state index < -0.39 is 7.26 Å². The number of rotatable bonds is 4. The van der Waals surface area contributed by atoms with Gasteiger partial charge in [-0.05, 0) is 42.3 Å². The maximum atomic E-state index is 13.5. The number of allylic oxidation sites excluding steroid dienone is 8. The predicted molar refractivity (Wildman–Crippen MR) is 101 cm³/mol. The molecule has 2 aliphatic carbocycles. The summed E-state index contributed by atoms with van der Waals surface area (Å²) in [6.07, 6.45) is 21.5. The molecule has 2 unspecified atom stereocenters. The summed E-state index contributed by atoms with van der Waals surface area (Å²) in [4.78, 5) is 0. The third-order valence-electron chi connectivity index (χ3n) is 5.25. The maximum Gasteiger partial charge on any atom is 0.123 e. The van der Waals surface area contributed by atoms with Crippen LogP contribution in [0.2, 0.25) is 0 Å².